The highest BCUT2D eigenvalue weighted by atomic mass is 35.5. The second kappa shape index (κ2) is 15.6. The Kier molecular flexibility index (Phi) is 10.7. The highest BCUT2D eigenvalue weighted by Gasteiger charge is 2.12. The summed E-state index contributed by atoms with van der Waals surface area (Å²) < 4.78 is 12.0. The number of halogens is 1. The number of nitrogens with one attached hydrogen (secondary N) is 2. The Morgan fingerprint density at radius 3 is 2.02 bits per heavy atom. The molecule has 6 rings (SSSR count). The average molecular weight is 711 g/mol. The highest BCUT2D eigenvalue weighted by molar-refractivity contribution is 7.14. The molecule has 0 unspecified atom stereocenters. The van der Waals surface area contributed by atoms with Gasteiger partial charge in [-0.05, 0) is 77.9 Å². The zero-order chi connectivity index (χ0) is 34.2. The Hall–Kier alpha value is -5.43. The van der Waals surface area contributed by atoms with Gasteiger partial charge in [0.2, 0.25) is 0 Å². The molecule has 13 heteroatoms. The van der Waals surface area contributed by atoms with Crippen molar-refractivity contribution in [3.63, 3.8) is 0 Å². The van der Waals surface area contributed by atoms with Crippen molar-refractivity contribution in [3.05, 3.63) is 129 Å². The Balaban J connectivity index is 0.932. The summed E-state index contributed by atoms with van der Waals surface area (Å²) in [5, 5.41) is 11.0. The molecule has 2 aromatic heterocycles. The topological polar surface area (TPSA) is 154 Å². The molecule has 0 fully saturated rings. The van der Waals surface area contributed by atoms with Gasteiger partial charge < -0.3 is 31.6 Å². The summed E-state index contributed by atoms with van der Waals surface area (Å²) in [6.45, 7) is 1.12. The Bertz CT molecular complexity index is 2070. The predicted octanol–water partition coefficient (Wildman–Crippen LogP) is 7.07. The van der Waals surface area contributed by atoms with Gasteiger partial charge in [0.05, 0.1) is 11.4 Å². The van der Waals surface area contributed by atoms with Crippen molar-refractivity contribution < 1.29 is 19.1 Å². The molecular weight excluding hydrogens is 680 g/mol. The summed E-state index contributed by atoms with van der Waals surface area (Å²) in [6.07, 6.45) is 0. The number of hydrogen-bond acceptors (Lipinski definition) is 10. The van der Waals surface area contributed by atoms with Gasteiger partial charge in [-0.15, -0.1) is 22.7 Å². The number of nitrogens with two attached hydrogens (primary N) is 2. The third-order valence-electron chi connectivity index (χ3n) is 7.31. The highest BCUT2D eigenvalue weighted by Crippen LogP contribution is 2.34. The minimum Gasteiger partial charge on any atom is -0.489 e. The lowest BCUT2D eigenvalue weighted by atomic mass is 10.1. The summed E-state index contributed by atoms with van der Waals surface area (Å²) in [5.41, 5.74) is 17.5. The number of hydrogen-bond donors (Lipinski definition) is 4. The van der Waals surface area contributed by atoms with E-state index in [-0.39, 0.29) is 31.5 Å². The van der Waals surface area contributed by atoms with E-state index in [4.69, 9.17) is 32.5 Å². The number of benzene rings is 4. The zero-order valence-corrected chi connectivity index (χ0v) is 28.4. The van der Waals surface area contributed by atoms with Gasteiger partial charge >= 0.3 is 0 Å². The smallest absolute Gasteiger partial charge is 0.251 e. The number of rotatable bonds is 13. The normalized spacial score (nSPS) is 10.8. The molecule has 6 aromatic rings. The van der Waals surface area contributed by atoms with E-state index < -0.39 is 0 Å². The Labute approximate surface area is 295 Å². The number of nitrogens with zero attached hydrogens (tertiary/aromatic N) is 2. The van der Waals surface area contributed by atoms with Crippen LogP contribution in [0.25, 0.3) is 22.5 Å². The van der Waals surface area contributed by atoms with Crippen LogP contribution >= 0.6 is 34.3 Å². The maximum absolute atomic E-state index is 12.8. The van der Waals surface area contributed by atoms with E-state index in [2.05, 4.69) is 20.6 Å². The van der Waals surface area contributed by atoms with E-state index in [1.807, 2.05) is 59.3 Å². The maximum atomic E-state index is 12.8. The third-order valence-corrected chi connectivity index (χ3v) is 8.90. The van der Waals surface area contributed by atoms with Crippen LogP contribution in [0.3, 0.4) is 0 Å². The first kappa shape index (κ1) is 33.5. The lowest BCUT2D eigenvalue weighted by Gasteiger charge is -2.12. The number of carbonyl (C=O) groups is 2. The van der Waals surface area contributed by atoms with E-state index in [0.717, 1.165) is 27.9 Å². The average Bonchev–Trinajstić information content (AvgIpc) is 3.77. The van der Waals surface area contributed by atoms with Crippen LogP contribution in [-0.2, 0) is 13.2 Å². The number of thiazole rings is 2. The Morgan fingerprint density at radius 2 is 1.35 bits per heavy atom. The largest absolute Gasteiger partial charge is 0.489 e. The number of aromatic nitrogens is 2. The van der Waals surface area contributed by atoms with E-state index in [0.29, 0.717) is 50.2 Å². The minimum atomic E-state index is -0.245. The lowest BCUT2D eigenvalue weighted by Crippen LogP contribution is -2.34. The van der Waals surface area contributed by atoms with Crippen LogP contribution in [-0.4, -0.2) is 34.9 Å². The molecule has 2 amide bonds. The van der Waals surface area contributed by atoms with Crippen LogP contribution in [0.1, 0.15) is 31.8 Å². The van der Waals surface area contributed by atoms with Crippen LogP contribution in [0.5, 0.6) is 11.5 Å². The standard InChI is InChI=1S/C36H31ClN6O4S2/c37-27-10-13-32(29(17-27)31-21-49-36(39)43-31)47-18-22-4-6-25(7-5-22)33(44)40-14-15-41-34(45)26-3-1-2-23(16-26)19-46-28-11-8-24(9-12-28)30-20-48-35(38)42-30/h1-13,16-17,20-21H,14-15,18-19H2,(H2,38,42)(H2,39,43)(H,40,44)(H,41,45). The van der Waals surface area contributed by atoms with Crippen LogP contribution in [0.15, 0.2) is 102 Å². The summed E-state index contributed by atoms with van der Waals surface area (Å²) >= 11 is 8.94. The van der Waals surface area contributed by atoms with Crippen LogP contribution in [0.4, 0.5) is 10.3 Å². The molecule has 248 valence electrons. The molecule has 0 aliphatic carbocycles. The first-order valence-corrected chi connectivity index (χ1v) is 17.3. The number of amides is 2. The van der Waals surface area contributed by atoms with Gasteiger partial charge in [0.1, 0.15) is 24.7 Å². The lowest BCUT2D eigenvalue weighted by molar-refractivity contribution is 0.0927. The number of anilines is 2. The fourth-order valence-electron chi connectivity index (χ4n) is 4.82. The number of nitrogen functional groups attached to an aromatic ring is 2. The predicted molar refractivity (Wildman–Crippen MR) is 195 cm³/mol. The van der Waals surface area contributed by atoms with Crippen LogP contribution in [0, 0.1) is 0 Å². The van der Waals surface area contributed by atoms with Gasteiger partial charge in [-0.3, -0.25) is 9.59 Å². The quantitative estimate of drug-likeness (QED) is 0.0929. The molecule has 0 bridgehead atoms. The van der Waals surface area contributed by atoms with Crippen molar-refractivity contribution in [2.24, 2.45) is 0 Å². The van der Waals surface area contributed by atoms with Crippen LogP contribution in [0.2, 0.25) is 5.02 Å². The van der Waals surface area contributed by atoms with Gasteiger partial charge in [0, 0.05) is 51.1 Å². The van der Waals surface area contributed by atoms with Crippen molar-refractivity contribution in [1.29, 1.82) is 0 Å². The summed E-state index contributed by atoms with van der Waals surface area (Å²) in [4.78, 5) is 34.1. The monoisotopic (exact) mass is 710 g/mol. The second-order valence-electron chi connectivity index (χ2n) is 10.8. The summed E-state index contributed by atoms with van der Waals surface area (Å²) in [6, 6.07) is 27.3. The Morgan fingerprint density at radius 1 is 0.694 bits per heavy atom. The van der Waals surface area contributed by atoms with E-state index in [1.54, 1.807) is 42.5 Å². The van der Waals surface area contributed by atoms with Crippen molar-refractivity contribution in [1.82, 2.24) is 20.6 Å². The molecule has 49 heavy (non-hydrogen) atoms. The van der Waals surface area contributed by atoms with Crippen molar-refractivity contribution in [3.8, 4) is 34.0 Å². The fourth-order valence-corrected chi connectivity index (χ4v) is 6.13. The van der Waals surface area contributed by atoms with E-state index in [1.165, 1.54) is 22.7 Å². The molecule has 6 N–H and O–H groups in total. The van der Waals surface area contributed by atoms with Gasteiger partial charge in [0.15, 0.2) is 10.3 Å². The molecule has 0 aliphatic rings. The third kappa shape index (κ3) is 8.93. The molecule has 0 spiro atoms. The first-order chi connectivity index (χ1) is 23.8. The molecule has 0 atom stereocenters. The maximum Gasteiger partial charge on any atom is 0.251 e. The zero-order valence-electron chi connectivity index (χ0n) is 26.0. The molecule has 0 radical (unpaired) electrons. The molecule has 0 saturated carbocycles. The van der Waals surface area contributed by atoms with Gasteiger partial charge in [-0.25, -0.2) is 9.97 Å². The molecule has 2 heterocycles. The fraction of sp³-hybridized carbons (Fsp3) is 0.111. The molecule has 0 aliphatic heterocycles. The first-order valence-electron chi connectivity index (χ1n) is 15.1. The summed E-state index contributed by atoms with van der Waals surface area (Å²) in [5.74, 6) is 0.838. The van der Waals surface area contributed by atoms with Gasteiger partial charge in [-0.2, -0.15) is 0 Å². The van der Waals surface area contributed by atoms with Gasteiger partial charge in [0.25, 0.3) is 11.8 Å². The molecule has 10 nitrogen and oxygen atoms in total. The SMILES string of the molecule is Nc1nc(-c2ccc(OCc3cccc(C(=O)NCCNC(=O)c4ccc(COc5ccc(Cl)cc5-c5csc(N)n5)cc4)c3)cc2)cs1. The minimum absolute atomic E-state index is 0.241. The second-order valence-corrected chi connectivity index (χ2v) is 13.0. The number of carbonyl (C=O) groups excluding carboxylic acids is 2. The summed E-state index contributed by atoms with van der Waals surface area (Å²) in [7, 11) is 0. The van der Waals surface area contributed by atoms with E-state index >= 15 is 0 Å². The van der Waals surface area contributed by atoms with Crippen LogP contribution < -0.4 is 31.6 Å². The van der Waals surface area contributed by atoms with E-state index in [9.17, 15) is 9.59 Å². The van der Waals surface area contributed by atoms with Crippen molar-refractivity contribution >= 4 is 56.4 Å². The number of ether oxygens (including phenoxy) is 2. The molecule has 0 saturated heterocycles. The van der Waals surface area contributed by atoms with Crippen molar-refractivity contribution in [2.45, 2.75) is 13.2 Å². The van der Waals surface area contributed by atoms with Gasteiger partial charge in [-0.1, -0.05) is 35.9 Å². The van der Waals surface area contributed by atoms with Crippen molar-refractivity contribution in [2.75, 3.05) is 24.6 Å². The molecule has 4 aromatic carbocycles. The molecular formula is C36H31ClN6O4S2.